The number of rotatable bonds is 2. The molecule has 0 saturated carbocycles. The van der Waals surface area contributed by atoms with Crippen LogP contribution >= 0.6 is 46.4 Å². The van der Waals surface area contributed by atoms with Crippen molar-refractivity contribution in [3.05, 3.63) is 0 Å². The van der Waals surface area contributed by atoms with Crippen molar-refractivity contribution in [3.63, 3.8) is 0 Å². The normalized spacial score (nSPS) is 31.6. The number of hydrogen-bond acceptors (Lipinski definition) is 7. The van der Waals surface area contributed by atoms with Crippen molar-refractivity contribution >= 4 is 75.7 Å². The molecule has 0 saturated heterocycles. The molecule has 2 rings (SSSR count). The Bertz CT molecular complexity index is 501. The third-order valence-electron chi connectivity index (χ3n) is 1.88. The Morgan fingerprint density at radius 3 is 1.75 bits per heavy atom. The van der Waals surface area contributed by atoms with Gasteiger partial charge in [0, 0.05) is 0 Å². The molecule has 0 aromatic rings. The molecule has 9 nitrogen and oxygen atoms in total. The summed E-state index contributed by atoms with van der Waals surface area (Å²) >= 11 is 23.1. The van der Waals surface area contributed by atoms with Crippen LogP contribution in [-0.2, 0) is 0 Å². The van der Waals surface area contributed by atoms with E-state index in [1.807, 2.05) is 0 Å². The molecule has 2 atom stereocenters. The number of nitrogens with one attached hydrogen (secondary N) is 4. The first kappa shape index (κ1) is 15.1. The molecule has 20 heavy (non-hydrogen) atoms. The number of aliphatic imine (C=N–C) groups is 4. The molecular formula is C7H6Cl4N8O. The first-order valence-electron chi connectivity index (χ1n) is 4.90. The number of urea groups is 1. The maximum absolute atomic E-state index is 11.8. The van der Waals surface area contributed by atoms with Crippen molar-refractivity contribution in [2.45, 2.75) is 10.5 Å². The largest absolute Gasteiger partial charge is 0.323 e. The van der Waals surface area contributed by atoms with E-state index in [1.165, 1.54) is 12.7 Å². The third kappa shape index (κ3) is 3.85. The SMILES string of the molecule is O=C(NC1(Cl)N=CNC(Cl)=N1)NC1(Cl)N=CNC(Cl)=N1. The first-order chi connectivity index (χ1) is 9.30. The predicted octanol–water partition coefficient (Wildman–Crippen LogP) is 0.438. The monoisotopic (exact) mass is 358 g/mol. The van der Waals surface area contributed by atoms with E-state index in [1.54, 1.807) is 0 Å². The summed E-state index contributed by atoms with van der Waals surface area (Å²) < 4.78 is 0. The summed E-state index contributed by atoms with van der Waals surface area (Å²) in [6.45, 7) is 0. The molecule has 2 unspecified atom stereocenters. The fourth-order valence-corrected chi connectivity index (χ4v) is 2.03. The topological polar surface area (TPSA) is 115 Å². The van der Waals surface area contributed by atoms with Gasteiger partial charge in [0.2, 0.25) is 10.6 Å². The molecule has 4 N–H and O–H groups in total. The Morgan fingerprint density at radius 1 is 1.00 bits per heavy atom. The number of halogens is 4. The molecule has 0 spiro atoms. The molecule has 0 radical (unpaired) electrons. The Morgan fingerprint density at radius 2 is 1.40 bits per heavy atom. The Kier molecular flexibility index (Phi) is 4.23. The molecular weight excluding hydrogens is 354 g/mol. The van der Waals surface area contributed by atoms with Crippen molar-refractivity contribution in [2.24, 2.45) is 20.0 Å². The molecule has 0 bridgehead atoms. The molecule has 0 aromatic heterocycles. The highest BCUT2D eigenvalue weighted by atomic mass is 35.5. The second-order valence-electron chi connectivity index (χ2n) is 3.36. The number of carbonyl (C=O) groups excluding carboxylic acids is 1. The summed E-state index contributed by atoms with van der Waals surface area (Å²) in [4.78, 5) is 26.6. The zero-order chi connectivity index (χ0) is 14.8. The van der Waals surface area contributed by atoms with Crippen molar-refractivity contribution in [1.29, 1.82) is 0 Å². The average molecular weight is 360 g/mol. The molecule has 13 heteroatoms. The van der Waals surface area contributed by atoms with E-state index in [0.29, 0.717) is 0 Å². The lowest BCUT2D eigenvalue weighted by molar-refractivity contribution is 0.230. The average Bonchev–Trinajstić information content (AvgIpc) is 2.25. The van der Waals surface area contributed by atoms with Crippen LogP contribution in [0.5, 0.6) is 0 Å². The lowest BCUT2D eigenvalue weighted by Gasteiger charge is -2.26. The number of carbonyl (C=O) groups is 1. The van der Waals surface area contributed by atoms with Gasteiger partial charge in [-0.2, -0.15) is 9.98 Å². The highest BCUT2D eigenvalue weighted by Crippen LogP contribution is 2.20. The highest BCUT2D eigenvalue weighted by Gasteiger charge is 2.35. The van der Waals surface area contributed by atoms with Crippen LogP contribution in [0.2, 0.25) is 0 Å². The minimum Gasteiger partial charge on any atom is -0.322 e. The third-order valence-corrected chi connectivity index (χ3v) is 2.82. The van der Waals surface area contributed by atoms with Crippen molar-refractivity contribution < 1.29 is 4.79 Å². The van der Waals surface area contributed by atoms with E-state index in [0.717, 1.165) is 0 Å². The maximum atomic E-state index is 11.8. The van der Waals surface area contributed by atoms with Crippen LogP contribution in [0.25, 0.3) is 0 Å². The van der Waals surface area contributed by atoms with Crippen molar-refractivity contribution in [2.75, 3.05) is 0 Å². The lowest BCUT2D eigenvalue weighted by Crippen LogP contribution is -2.54. The lowest BCUT2D eigenvalue weighted by atomic mass is 10.7. The molecule has 2 amide bonds. The van der Waals surface area contributed by atoms with E-state index < -0.39 is 16.5 Å². The van der Waals surface area contributed by atoms with Crippen LogP contribution in [0.3, 0.4) is 0 Å². The zero-order valence-electron chi connectivity index (χ0n) is 9.36. The van der Waals surface area contributed by atoms with Gasteiger partial charge in [-0.1, -0.05) is 0 Å². The predicted molar refractivity (Wildman–Crippen MR) is 78.7 cm³/mol. The zero-order valence-corrected chi connectivity index (χ0v) is 12.4. The molecule has 2 aliphatic heterocycles. The standard InChI is InChI=1S/C7H6Cl4N8O/c8-3-12-1-14-6(10,16-3)18-5(20)19-7(11)15-2-13-4(9)17-7/h1-2H,(H,12,14,16)(H,13,15,17)(H2,18,19,20). The summed E-state index contributed by atoms with van der Waals surface area (Å²) in [5.74, 6) is 0. The van der Waals surface area contributed by atoms with Gasteiger partial charge < -0.3 is 10.6 Å². The maximum Gasteiger partial charge on any atom is 0.323 e. The molecule has 0 aromatic carbocycles. The Balaban J connectivity index is 2.03. The highest BCUT2D eigenvalue weighted by molar-refractivity contribution is 6.66. The van der Waals surface area contributed by atoms with Crippen LogP contribution in [0.1, 0.15) is 0 Å². The van der Waals surface area contributed by atoms with E-state index >= 15 is 0 Å². The van der Waals surface area contributed by atoms with Gasteiger partial charge in [-0.3, -0.25) is 10.6 Å². The van der Waals surface area contributed by atoms with Crippen molar-refractivity contribution in [3.8, 4) is 0 Å². The molecule has 2 aliphatic rings. The minimum atomic E-state index is -1.79. The first-order valence-corrected chi connectivity index (χ1v) is 6.41. The smallest absolute Gasteiger partial charge is 0.322 e. The van der Waals surface area contributed by atoms with Crippen LogP contribution in [0.15, 0.2) is 20.0 Å². The molecule has 0 fully saturated rings. The Hall–Kier alpha value is -1.29. The van der Waals surface area contributed by atoms with Crippen LogP contribution in [0, 0.1) is 0 Å². The van der Waals surface area contributed by atoms with Crippen LogP contribution in [-0.4, -0.2) is 39.8 Å². The van der Waals surface area contributed by atoms with Gasteiger partial charge >= 0.3 is 16.5 Å². The van der Waals surface area contributed by atoms with Gasteiger partial charge in [0.05, 0.1) is 12.7 Å². The fourth-order valence-electron chi connectivity index (χ4n) is 1.17. The number of amides is 2. The van der Waals surface area contributed by atoms with E-state index in [9.17, 15) is 4.79 Å². The second kappa shape index (κ2) is 5.60. The van der Waals surface area contributed by atoms with E-state index in [-0.39, 0.29) is 10.6 Å². The second-order valence-corrected chi connectivity index (χ2v) is 5.13. The van der Waals surface area contributed by atoms with Crippen LogP contribution < -0.4 is 21.3 Å². The van der Waals surface area contributed by atoms with Crippen LogP contribution in [0.4, 0.5) is 4.79 Å². The number of hydrogen-bond donors (Lipinski definition) is 4. The van der Waals surface area contributed by atoms with Gasteiger partial charge in [0.25, 0.3) is 0 Å². The molecule has 108 valence electrons. The van der Waals surface area contributed by atoms with E-state index in [4.69, 9.17) is 46.4 Å². The Labute approximate surface area is 132 Å². The summed E-state index contributed by atoms with van der Waals surface area (Å²) in [6.07, 6.45) is 2.35. The molecule has 0 aliphatic carbocycles. The van der Waals surface area contributed by atoms with Gasteiger partial charge in [0.15, 0.2) is 0 Å². The van der Waals surface area contributed by atoms with Gasteiger partial charge in [-0.05, 0) is 46.4 Å². The number of alkyl halides is 2. The summed E-state index contributed by atoms with van der Waals surface area (Å²) in [5, 5.41) is 5.74. The quantitative estimate of drug-likeness (QED) is 0.423. The van der Waals surface area contributed by atoms with Gasteiger partial charge in [0.1, 0.15) is 0 Å². The summed E-state index contributed by atoms with van der Waals surface area (Å²) in [5.41, 5.74) is 0. The van der Waals surface area contributed by atoms with Gasteiger partial charge in [-0.15, -0.1) is 0 Å². The number of amidine groups is 2. The van der Waals surface area contributed by atoms with Crippen molar-refractivity contribution in [1.82, 2.24) is 21.3 Å². The van der Waals surface area contributed by atoms with Gasteiger partial charge in [-0.25, -0.2) is 14.8 Å². The summed E-state index contributed by atoms with van der Waals surface area (Å²) in [6, 6.07) is -0.838. The molecule has 2 heterocycles. The van der Waals surface area contributed by atoms with E-state index in [2.05, 4.69) is 41.2 Å². The summed E-state index contributed by atoms with van der Waals surface area (Å²) in [7, 11) is 0. The number of nitrogens with zero attached hydrogens (tertiary/aromatic N) is 4. The fraction of sp³-hybridized carbons (Fsp3) is 0.286. The minimum absolute atomic E-state index is 0.0446.